The van der Waals surface area contributed by atoms with E-state index in [1.165, 1.54) is 4.88 Å². The highest BCUT2D eigenvalue weighted by Gasteiger charge is 2.07. The van der Waals surface area contributed by atoms with E-state index >= 15 is 0 Å². The average Bonchev–Trinajstić information content (AvgIpc) is 3.34. The van der Waals surface area contributed by atoms with Crippen molar-refractivity contribution >= 4 is 17.3 Å². The third-order valence-electron chi connectivity index (χ3n) is 3.67. The molecule has 6 nitrogen and oxygen atoms in total. The second kappa shape index (κ2) is 9.15. The molecular weight excluding hydrogens is 346 g/mol. The van der Waals surface area contributed by atoms with Crippen molar-refractivity contribution in [3.05, 3.63) is 58.4 Å². The zero-order valence-electron chi connectivity index (χ0n) is 15.0. The highest BCUT2D eigenvalue weighted by molar-refractivity contribution is 7.11. The van der Waals surface area contributed by atoms with Gasteiger partial charge in [-0.05, 0) is 25.5 Å². The largest absolute Gasteiger partial charge is 0.444 e. The van der Waals surface area contributed by atoms with E-state index in [1.54, 1.807) is 17.6 Å². The SMILES string of the molecule is CCNC(=NCc1coc(-c2ccccc2)n1)NCc1ncc(CC)s1. The van der Waals surface area contributed by atoms with Gasteiger partial charge < -0.3 is 15.1 Å². The van der Waals surface area contributed by atoms with Gasteiger partial charge >= 0.3 is 0 Å². The molecule has 7 heteroatoms. The third kappa shape index (κ3) is 4.92. The van der Waals surface area contributed by atoms with Gasteiger partial charge in [-0.1, -0.05) is 25.1 Å². The summed E-state index contributed by atoms with van der Waals surface area (Å²) in [4.78, 5) is 14.8. The number of thiazole rings is 1. The van der Waals surface area contributed by atoms with Crippen LogP contribution in [0.5, 0.6) is 0 Å². The Labute approximate surface area is 157 Å². The molecular formula is C19H23N5OS. The van der Waals surface area contributed by atoms with Gasteiger partial charge in [0.2, 0.25) is 5.89 Å². The van der Waals surface area contributed by atoms with Gasteiger partial charge in [-0.15, -0.1) is 11.3 Å². The van der Waals surface area contributed by atoms with Crippen LogP contribution in [0.2, 0.25) is 0 Å². The Balaban J connectivity index is 1.61. The molecule has 0 fully saturated rings. The van der Waals surface area contributed by atoms with Gasteiger partial charge in [0.25, 0.3) is 0 Å². The van der Waals surface area contributed by atoms with Gasteiger partial charge in [-0.25, -0.2) is 15.0 Å². The maximum absolute atomic E-state index is 5.56. The highest BCUT2D eigenvalue weighted by Crippen LogP contribution is 2.18. The van der Waals surface area contributed by atoms with Gasteiger partial charge in [0.1, 0.15) is 17.0 Å². The van der Waals surface area contributed by atoms with E-state index in [1.807, 2.05) is 43.5 Å². The Kier molecular flexibility index (Phi) is 6.38. The van der Waals surface area contributed by atoms with Gasteiger partial charge in [-0.2, -0.15) is 0 Å². The van der Waals surface area contributed by atoms with Gasteiger partial charge in [0, 0.05) is 23.2 Å². The fraction of sp³-hybridized carbons (Fsp3) is 0.316. The van der Waals surface area contributed by atoms with Crippen molar-refractivity contribution < 1.29 is 4.42 Å². The van der Waals surface area contributed by atoms with Crippen LogP contribution >= 0.6 is 11.3 Å². The molecule has 2 N–H and O–H groups in total. The first-order valence-electron chi connectivity index (χ1n) is 8.74. The number of aryl methyl sites for hydroxylation is 1. The number of hydrogen-bond donors (Lipinski definition) is 2. The minimum Gasteiger partial charge on any atom is -0.444 e. The Hall–Kier alpha value is -2.67. The molecule has 136 valence electrons. The van der Waals surface area contributed by atoms with Crippen LogP contribution in [0.25, 0.3) is 11.5 Å². The third-order valence-corrected chi connectivity index (χ3v) is 4.81. The van der Waals surface area contributed by atoms with Crippen LogP contribution in [0.4, 0.5) is 0 Å². The molecule has 2 aromatic heterocycles. The van der Waals surface area contributed by atoms with Gasteiger partial charge in [-0.3, -0.25) is 0 Å². The molecule has 0 bridgehead atoms. The van der Waals surface area contributed by atoms with Crippen LogP contribution in [0.1, 0.15) is 29.4 Å². The quantitative estimate of drug-likeness (QED) is 0.491. The normalized spacial score (nSPS) is 11.5. The number of guanidine groups is 1. The molecule has 0 aliphatic carbocycles. The Morgan fingerprint density at radius 1 is 1.19 bits per heavy atom. The van der Waals surface area contributed by atoms with Crippen LogP contribution in [-0.2, 0) is 19.5 Å². The van der Waals surface area contributed by atoms with E-state index < -0.39 is 0 Å². The Bertz CT molecular complexity index is 841. The number of nitrogens with zero attached hydrogens (tertiary/aromatic N) is 3. The predicted molar refractivity (Wildman–Crippen MR) is 105 cm³/mol. The fourth-order valence-corrected chi connectivity index (χ4v) is 3.15. The van der Waals surface area contributed by atoms with Crippen molar-refractivity contribution in [1.29, 1.82) is 0 Å². The lowest BCUT2D eigenvalue weighted by molar-refractivity contribution is 0.572. The van der Waals surface area contributed by atoms with Crippen molar-refractivity contribution in [3.63, 3.8) is 0 Å². The lowest BCUT2D eigenvalue weighted by Gasteiger charge is -2.09. The summed E-state index contributed by atoms with van der Waals surface area (Å²) in [6.07, 6.45) is 4.61. The van der Waals surface area contributed by atoms with E-state index in [0.29, 0.717) is 19.0 Å². The summed E-state index contributed by atoms with van der Waals surface area (Å²) in [5, 5.41) is 7.61. The minimum absolute atomic E-state index is 0.448. The summed E-state index contributed by atoms with van der Waals surface area (Å²) in [5.74, 6) is 1.36. The molecule has 0 saturated heterocycles. The smallest absolute Gasteiger partial charge is 0.226 e. The number of rotatable bonds is 7. The Morgan fingerprint density at radius 2 is 2.04 bits per heavy atom. The highest BCUT2D eigenvalue weighted by atomic mass is 32.1. The van der Waals surface area contributed by atoms with Crippen LogP contribution in [-0.4, -0.2) is 22.5 Å². The number of aliphatic imine (C=N–C) groups is 1. The zero-order valence-corrected chi connectivity index (χ0v) is 15.8. The standard InChI is InChI=1S/C19H23N5OS/c1-3-16-11-21-17(26-16)12-23-19(20-4-2)22-10-15-13-25-18(24-15)14-8-6-5-7-9-14/h5-9,11,13H,3-4,10,12H2,1-2H3,(H2,20,22,23). The van der Waals surface area contributed by atoms with Crippen LogP contribution in [0.15, 0.2) is 52.2 Å². The first-order chi connectivity index (χ1) is 12.8. The lowest BCUT2D eigenvalue weighted by atomic mass is 10.2. The molecule has 0 aliphatic rings. The fourth-order valence-electron chi connectivity index (χ4n) is 2.35. The van der Waals surface area contributed by atoms with Gasteiger partial charge in [0.15, 0.2) is 5.96 Å². The lowest BCUT2D eigenvalue weighted by Crippen LogP contribution is -2.36. The molecule has 3 rings (SSSR count). The molecule has 2 heterocycles. The van der Waals surface area contributed by atoms with Crippen molar-refractivity contribution in [2.75, 3.05) is 6.54 Å². The topological polar surface area (TPSA) is 75.3 Å². The molecule has 26 heavy (non-hydrogen) atoms. The number of nitrogens with one attached hydrogen (secondary N) is 2. The molecule has 0 unspecified atom stereocenters. The molecule has 0 saturated carbocycles. The second-order valence-electron chi connectivity index (χ2n) is 5.63. The van der Waals surface area contributed by atoms with Crippen LogP contribution < -0.4 is 10.6 Å². The molecule has 0 spiro atoms. The summed E-state index contributed by atoms with van der Waals surface area (Å²) >= 11 is 1.72. The molecule has 0 aliphatic heterocycles. The first kappa shape index (κ1) is 18.1. The first-order valence-corrected chi connectivity index (χ1v) is 9.55. The van der Waals surface area contributed by atoms with E-state index in [2.05, 4.69) is 32.5 Å². The van der Waals surface area contributed by atoms with Crippen LogP contribution in [0.3, 0.4) is 0 Å². The monoisotopic (exact) mass is 369 g/mol. The van der Waals surface area contributed by atoms with E-state index in [9.17, 15) is 0 Å². The number of oxazole rings is 1. The Morgan fingerprint density at radius 3 is 2.77 bits per heavy atom. The predicted octanol–water partition coefficient (Wildman–Crippen LogP) is 3.62. The van der Waals surface area contributed by atoms with Crippen molar-refractivity contribution in [3.8, 4) is 11.5 Å². The molecule has 0 radical (unpaired) electrons. The van der Waals surface area contributed by atoms with E-state index in [-0.39, 0.29) is 0 Å². The maximum atomic E-state index is 5.56. The summed E-state index contributed by atoms with van der Waals surface area (Å²) in [7, 11) is 0. The summed E-state index contributed by atoms with van der Waals surface area (Å²) in [6.45, 7) is 6.07. The zero-order chi connectivity index (χ0) is 18.2. The summed E-state index contributed by atoms with van der Waals surface area (Å²) in [5.41, 5.74) is 1.76. The number of aromatic nitrogens is 2. The maximum Gasteiger partial charge on any atom is 0.226 e. The average molecular weight is 369 g/mol. The number of benzene rings is 1. The van der Waals surface area contributed by atoms with Crippen molar-refractivity contribution in [2.45, 2.75) is 33.4 Å². The summed E-state index contributed by atoms with van der Waals surface area (Å²) in [6, 6.07) is 9.85. The number of hydrogen-bond acceptors (Lipinski definition) is 5. The van der Waals surface area contributed by atoms with Crippen molar-refractivity contribution in [2.24, 2.45) is 4.99 Å². The molecule has 0 amide bonds. The summed E-state index contributed by atoms with van der Waals surface area (Å²) < 4.78 is 5.56. The minimum atomic E-state index is 0.448. The molecule has 0 atom stereocenters. The molecule has 3 aromatic rings. The van der Waals surface area contributed by atoms with Crippen LogP contribution in [0, 0.1) is 0 Å². The van der Waals surface area contributed by atoms with Gasteiger partial charge in [0.05, 0.1) is 13.1 Å². The van der Waals surface area contributed by atoms with E-state index in [4.69, 9.17) is 4.42 Å². The molecule has 1 aromatic carbocycles. The second-order valence-corrected chi connectivity index (χ2v) is 6.83. The van der Waals surface area contributed by atoms with E-state index in [0.717, 1.165) is 35.2 Å². The van der Waals surface area contributed by atoms with Crippen molar-refractivity contribution in [1.82, 2.24) is 20.6 Å².